The number of hydrogen-bond donors (Lipinski definition) is 1. The van der Waals surface area contributed by atoms with Crippen LogP contribution in [0.2, 0.25) is 0 Å². The van der Waals surface area contributed by atoms with Crippen LogP contribution in [-0.2, 0) is 0 Å². The third-order valence-electron chi connectivity index (χ3n) is 4.21. The Morgan fingerprint density at radius 3 is 2.26 bits per heavy atom. The van der Waals surface area contributed by atoms with E-state index < -0.39 is 0 Å². The van der Waals surface area contributed by atoms with Crippen molar-refractivity contribution in [2.24, 2.45) is 0 Å². The molecule has 1 fully saturated rings. The Bertz CT molecular complexity index is 716. The Hall–Kier alpha value is -2.62. The molecule has 3 rings (SSSR count). The van der Waals surface area contributed by atoms with E-state index in [4.69, 9.17) is 0 Å². The first kappa shape index (κ1) is 15.3. The largest absolute Gasteiger partial charge is 0.355 e. The maximum absolute atomic E-state index is 12.4. The van der Waals surface area contributed by atoms with E-state index in [1.807, 2.05) is 47.4 Å². The van der Waals surface area contributed by atoms with Crippen molar-refractivity contribution in [2.75, 3.05) is 20.1 Å². The topological polar surface area (TPSA) is 49.4 Å². The molecule has 2 amide bonds. The lowest BCUT2D eigenvalue weighted by atomic mass is 10.0. The number of carbonyl (C=O) groups excluding carboxylic acids is 2. The zero-order valence-electron chi connectivity index (χ0n) is 13.2. The lowest BCUT2D eigenvalue weighted by Gasteiger charge is -2.15. The van der Waals surface area contributed by atoms with E-state index >= 15 is 0 Å². The van der Waals surface area contributed by atoms with Crippen LogP contribution in [0.4, 0.5) is 0 Å². The fourth-order valence-electron chi connectivity index (χ4n) is 2.89. The lowest BCUT2D eigenvalue weighted by molar-refractivity contribution is 0.0792. The zero-order valence-corrected chi connectivity index (χ0v) is 13.2. The first-order chi connectivity index (χ1) is 11.2. The minimum atomic E-state index is -0.104. The third-order valence-corrected chi connectivity index (χ3v) is 4.21. The number of nitrogens with zero attached hydrogens (tertiary/aromatic N) is 1. The van der Waals surface area contributed by atoms with E-state index in [2.05, 4.69) is 5.32 Å². The molecule has 0 radical (unpaired) electrons. The zero-order chi connectivity index (χ0) is 16.2. The number of likely N-dealkylation sites (tertiary alicyclic amines) is 1. The van der Waals surface area contributed by atoms with Gasteiger partial charge in [0.2, 0.25) is 0 Å². The van der Waals surface area contributed by atoms with Crippen LogP contribution in [0.5, 0.6) is 0 Å². The summed E-state index contributed by atoms with van der Waals surface area (Å²) in [5.41, 5.74) is 3.31. The first-order valence-electron chi connectivity index (χ1n) is 7.91. The van der Waals surface area contributed by atoms with Crippen LogP contribution in [0.3, 0.4) is 0 Å². The van der Waals surface area contributed by atoms with Crippen LogP contribution in [0.25, 0.3) is 11.1 Å². The van der Waals surface area contributed by atoms with Crippen LogP contribution in [0, 0.1) is 0 Å². The molecule has 4 nitrogen and oxygen atoms in total. The number of amides is 2. The summed E-state index contributed by atoms with van der Waals surface area (Å²) in [6.07, 6.45) is 2.19. The Kier molecular flexibility index (Phi) is 4.42. The summed E-state index contributed by atoms with van der Waals surface area (Å²) in [5, 5.41) is 2.63. The molecule has 1 heterocycles. The monoisotopic (exact) mass is 308 g/mol. The molecular formula is C19H20N2O2. The number of nitrogens with one attached hydrogen (secondary N) is 1. The predicted molar refractivity (Wildman–Crippen MR) is 90.4 cm³/mol. The van der Waals surface area contributed by atoms with Gasteiger partial charge in [-0.15, -0.1) is 0 Å². The summed E-state index contributed by atoms with van der Waals surface area (Å²) in [7, 11) is 1.62. The van der Waals surface area contributed by atoms with Crippen molar-refractivity contribution in [3.63, 3.8) is 0 Å². The third kappa shape index (κ3) is 3.26. The minimum absolute atomic E-state index is 0.104. The van der Waals surface area contributed by atoms with Crippen LogP contribution >= 0.6 is 0 Å². The highest BCUT2D eigenvalue weighted by Crippen LogP contribution is 2.22. The van der Waals surface area contributed by atoms with Gasteiger partial charge in [0.15, 0.2) is 0 Å². The highest BCUT2D eigenvalue weighted by atomic mass is 16.2. The van der Waals surface area contributed by atoms with Gasteiger partial charge in [-0.2, -0.15) is 0 Å². The quantitative estimate of drug-likeness (QED) is 0.947. The lowest BCUT2D eigenvalue weighted by Crippen LogP contribution is -2.27. The summed E-state index contributed by atoms with van der Waals surface area (Å²) < 4.78 is 0. The average Bonchev–Trinajstić information content (AvgIpc) is 3.15. The van der Waals surface area contributed by atoms with Gasteiger partial charge in [0, 0.05) is 31.3 Å². The first-order valence-corrected chi connectivity index (χ1v) is 7.91. The molecule has 0 aliphatic carbocycles. The second-order valence-corrected chi connectivity index (χ2v) is 5.74. The Morgan fingerprint density at radius 2 is 1.61 bits per heavy atom. The average molecular weight is 308 g/mol. The van der Waals surface area contributed by atoms with Gasteiger partial charge in [-0.1, -0.05) is 24.3 Å². The van der Waals surface area contributed by atoms with E-state index in [9.17, 15) is 9.59 Å². The SMILES string of the molecule is CNC(=O)c1cccc(-c2ccc(C(=O)N3CCCC3)cc2)c1. The number of carbonyl (C=O) groups is 2. The molecule has 4 heteroatoms. The fourth-order valence-corrected chi connectivity index (χ4v) is 2.89. The molecule has 23 heavy (non-hydrogen) atoms. The highest BCUT2D eigenvalue weighted by molar-refractivity contribution is 5.96. The summed E-state index contributed by atoms with van der Waals surface area (Å²) in [6.45, 7) is 1.71. The summed E-state index contributed by atoms with van der Waals surface area (Å²) >= 11 is 0. The van der Waals surface area contributed by atoms with Crippen molar-refractivity contribution in [3.8, 4) is 11.1 Å². The van der Waals surface area contributed by atoms with Gasteiger partial charge in [0.05, 0.1) is 0 Å². The van der Waals surface area contributed by atoms with Gasteiger partial charge in [-0.25, -0.2) is 0 Å². The van der Waals surface area contributed by atoms with Gasteiger partial charge < -0.3 is 10.2 Å². The van der Waals surface area contributed by atoms with Crippen molar-refractivity contribution in [3.05, 3.63) is 59.7 Å². The molecule has 1 aliphatic heterocycles. The van der Waals surface area contributed by atoms with Crippen molar-refractivity contribution < 1.29 is 9.59 Å². The summed E-state index contributed by atoms with van der Waals surface area (Å²) in [5.74, 6) is 0.000780. The molecule has 0 saturated carbocycles. The van der Waals surface area contributed by atoms with Crippen LogP contribution in [0.15, 0.2) is 48.5 Å². The van der Waals surface area contributed by atoms with Crippen LogP contribution in [-0.4, -0.2) is 36.9 Å². The minimum Gasteiger partial charge on any atom is -0.355 e. The normalized spacial score (nSPS) is 13.9. The van der Waals surface area contributed by atoms with Gasteiger partial charge in [-0.05, 0) is 48.2 Å². The van der Waals surface area contributed by atoms with Crippen LogP contribution in [0.1, 0.15) is 33.6 Å². The molecule has 0 spiro atoms. The molecule has 118 valence electrons. The van der Waals surface area contributed by atoms with Gasteiger partial charge in [0.1, 0.15) is 0 Å². The number of hydrogen-bond acceptors (Lipinski definition) is 2. The van der Waals surface area contributed by atoms with E-state index in [0.29, 0.717) is 5.56 Å². The van der Waals surface area contributed by atoms with Gasteiger partial charge in [-0.3, -0.25) is 9.59 Å². The number of rotatable bonds is 3. The maximum Gasteiger partial charge on any atom is 0.253 e. The van der Waals surface area contributed by atoms with Crippen molar-refractivity contribution >= 4 is 11.8 Å². The number of benzene rings is 2. The smallest absolute Gasteiger partial charge is 0.253 e. The predicted octanol–water partition coefficient (Wildman–Crippen LogP) is 2.95. The summed E-state index contributed by atoms with van der Waals surface area (Å²) in [4.78, 5) is 26.0. The van der Waals surface area contributed by atoms with E-state index in [0.717, 1.165) is 42.6 Å². The molecule has 2 aromatic rings. The van der Waals surface area contributed by atoms with Crippen molar-refractivity contribution in [1.29, 1.82) is 0 Å². The fraction of sp³-hybridized carbons (Fsp3) is 0.263. The molecule has 1 N–H and O–H groups in total. The van der Waals surface area contributed by atoms with Crippen molar-refractivity contribution in [2.45, 2.75) is 12.8 Å². The van der Waals surface area contributed by atoms with E-state index in [1.54, 1.807) is 13.1 Å². The Morgan fingerprint density at radius 1 is 0.913 bits per heavy atom. The molecule has 0 bridgehead atoms. The van der Waals surface area contributed by atoms with E-state index in [-0.39, 0.29) is 11.8 Å². The van der Waals surface area contributed by atoms with Crippen LogP contribution < -0.4 is 5.32 Å². The molecular weight excluding hydrogens is 288 g/mol. The molecule has 2 aromatic carbocycles. The van der Waals surface area contributed by atoms with Gasteiger partial charge in [0.25, 0.3) is 11.8 Å². The Balaban J connectivity index is 1.82. The molecule has 0 aromatic heterocycles. The van der Waals surface area contributed by atoms with E-state index in [1.165, 1.54) is 0 Å². The molecule has 0 atom stereocenters. The molecule has 1 aliphatic rings. The standard InChI is InChI=1S/C19H20N2O2/c1-20-18(22)17-6-4-5-16(13-17)14-7-9-15(10-8-14)19(23)21-11-2-3-12-21/h4-10,13H,2-3,11-12H2,1H3,(H,20,22). The Labute approximate surface area is 136 Å². The second-order valence-electron chi connectivity index (χ2n) is 5.74. The molecule has 1 saturated heterocycles. The van der Waals surface area contributed by atoms with Gasteiger partial charge >= 0.3 is 0 Å². The highest BCUT2D eigenvalue weighted by Gasteiger charge is 2.19. The second kappa shape index (κ2) is 6.65. The van der Waals surface area contributed by atoms with Crippen molar-refractivity contribution in [1.82, 2.24) is 10.2 Å². The molecule has 0 unspecified atom stereocenters. The maximum atomic E-state index is 12.4. The summed E-state index contributed by atoms with van der Waals surface area (Å²) in [6, 6.07) is 15.1.